The van der Waals surface area contributed by atoms with E-state index in [0.29, 0.717) is 19.7 Å². The Labute approximate surface area is 165 Å². The molecule has 1 aliphatic heterocycles. The van der Waals surface area contributed by atoms with Gasteiger partial charge in [0.15, 0.2) is 5.96 Å². The molecule has 7 heteroatoms. The molecule has 2 heterocycles. The van der Waals surface area contributed by atoms with Crippen LogP contribution in [0.2, 0.25) is 0 Å². The Morgan fingerprint density at radius 1 is 1.18 bits per heavy atom. The number of furan rings is 1. The number of hydrogen-bond acceptors (Lipinski definition) is 4. The van der Waals surface area contributed by atoms with Gasteiger partial charge in [0.1, 0.15) is 12.4 Å². The highest BCUT2D eigenvalue weighted by Crippen LogP contribution is 2.19. The number of guanidine groups is 1. The van der Waals surface area contributed by atoms with E-state index in [2.05, 4.69) is 22.5 Å². The van der Waals surface area contributed by atoms with E-state index >= 15 is 0 Å². The largest absolute Gasteiger partial charge is 0.469 e. The molecule has 2 N–H and O–H groups in total. The Hall–Kier alpha value is -2.96. The molecular formula is C21H28N4O3. The fourth-order valence-electron chi connectivity index (χ4n) is 2.90. The maximum Gasteiger partial charge on any atom is 0.414 e. The van der Waals surface area contributed by atoms with Gasteiger partial charge in [-0.25, -0.2) is 9.79 Å². The standard InChI is InChI=1S/C21H28N4O3/c1-2-3-11-22-20(23-12-10-19-5-4-14-27-19)24-16-17-6-8-18(9-7-17)25-13-15-28-21(25)26/h4-9,14H,2-3,10-13,15-16H2,1H3,(H2,22,23,24). The summed E-state index contributed by atoms with van der Waals surface area (Å²) < 4.78 is 10.3. The highest BCUT2D eigenvalue weighted by Gasteiger charge is 2.23. The number of unbranched alkanes of at least 4 members (excludes halogenated alkanes) is 1. The van der Waals surface area contributed by atoms with E-state index in [4.69, 9.17) is 9.15 Å². The van der Waals surface area contributed by atoms with Crippen molar-refractivity contribution in [1.82, 2.24) is 10.6 Å². The van der Waals surface area contributed by atoms with Crippen molar-refractivity contribution in [2.75, 3.05) is 31.1 Å². The van der Waals surface area contributed by atoms with Crippen molar-refractivity contribution in [2.45, 2.75) is 32.7 Å². The van der Waals surface area contributed by atoms with E-state index in [1.807, 2.05) is 36.4 Å². The third kappa shape index (κ3) is 5.77. The lowest BCUT2D eigenvalue weighted by atomic mass is 10.2. The molecule has 0 aliphatic carbocycles. The van der Waals surface area contributed by atoms with Crippen molar-refractivity contribution in [2.24, 2.45) is 4.99 Å². The summed E-state index contributed by atoms with van der Waals surface area (Å²) in [5.74, 6) is 1.75. The first kappa shape index (κ1) is 19.8. The van der Waals surface area contributed by atoms with Gasteiger partial charge in [0.25, 0.3) is 0 Å². The molecule has 0 bridgehead atoms. The fraction of sp³-hybridized carbons (Fsp3) is 0.429. The lowest BCUT2D eigenvalue weighted by molar-refractivity contribution is 0.181. The van der Waals surface area contributed by atoms with Crippen LogP contribution >= 0.6 is 0 Å². The van der Waals surface area contributed by atoms with Gasteiger partial charge in [-0.05, 0) is 36.2 Å². The summed E-state index contributed by atoms with van der Waals surface area (Å²) in [4.78, 5) is 18.0. The number of nitrogens with one attached hydrogen (secondary N) is 2. The molecule has 1 aromatic heterocycles. The summed E-state index contributed by atoms with van der Waals surface area (Å²) in [6.07, 6.45) is 4.44. The van der Waals surface area contributed by atoms with Crippen LogP contribution in [0.3, 0.4) is 0 Å². The fourth-order valence-corrected chi connectivity index (χ4v) is 2.90. The molecule has 0 saturated carbocycles. The molecule has 28 heavy (non-hydrogen) atoms. The van der Waals surface area contributed by atoms with E-state index in [-0.39, 0.29) is 6.09 Å². The molecule has 7 nitrogen and oxygen atoms in total. The lowest BCUT2D eigenvalue weighted by Gasteiger charge is -2.13. The highest BCUT2D eigenvalue weighted by atomic mass is 16.6. The summed E-state index contributed by atoms with van der Waals surface area (Å²) >= 11 is 0. The lowest BCUT2D eigenvalue weighted by Crippen LogP contribution is -2.38. The van der Waals surface area contributed by atoms with Crippen molar-refractivity contribution in [3.05, 3.63) is 54.0 Å². The minimum atomic E-state index is -0.283. The van der Waals surface area contributed by atoms with Crippen molar-refractivity contribution < 1.29 is 13.9 Å². The second-order valence-electron chi connectivity index (χ2n) is 6.63. The molecule has 1 saturated heterocycles. The van der Waals surface area contributed by atoms with Gasteiger partial charge in [0, 0.05) is 25.2 Å². The second-order valence-corrected chi connectivity index (χ2v) is 6.63. The number of carbonyl (C=O) groups is 1. The summed E-state index contributed by atoms with van der Waals surface area (Å²) in [6, 6.07) is 11.7. The number of nitrogens with zero attached hydrogens (tertiary/aromatic N) is 2. The van der Waals surface area contributed by atoms with Crippen molar-refractivity contribution in [3.8, 4) is 0 Å². The quantitative estimate of drug-likeness (QED) is 0.394. The number of rotatable bonds is 9. The summed E-state index contributed by atoms with van der Waals surface area (Å²) in [6.45, 7) is 5.41. The zero-order valence-corrected chi connectivity index (χ0v) is 16.3. The normalized spacial score (nSPS) is 14.2. The van der Waals surface area contributed by atoms with Crippen LogP contribution in [0, 0.1) is 0 Å². The van der Waals surface area contributed by atoms with Crippen LogP contribution in [-0.4, -0.2) is 38.3 Å². The predicted octanol–water partition coefficient (Wildman–Crippen LogP) is 3.31. The molecule has 1 aliphatic rings. The number of cyclic esters (lactones) is 1. The number of anilines is 1. The van der Waals surface area contributed by atoms with E-state index in [1.54, 1.807) is 11.2 Å². The minimum Gasteiger partial charge on any atom is -0.469 e. The number of aliphatic imine (C=N–C) groups is 1. The summed E-state index contributed by atoms with van der Waals surface area (Å²) in [5, 5.41) is 6.73. The summed E-state index contributed by atoms with van der Waals surface area (Å²) in [7, 11) is 0. The Morgan fingerprint density at radius 3 is 2.68 bits per heavy atom. The second kappa shape index (κ2) is 10.4. The average molecular weight is 384 g/mol. The Bertz CT molecular complexity index is 756. The van der Waals surface area contributed by atoms with Crippen LogP contribution in [0.5, 0.6) is 0 Å². The van der Waals surface area contributed by atoms with Crippen molar-refractivity contribution >= 4 is 17.7 Å². The zero-order valence-electron chi connectivity index (χ0n) is 16.3. The van der Waals surface area contributed by atoms with E-state index < -0.39 is 0 Å². The van der Waals surface area contributed by atoms with Gasteiger partial charge in [-0.1, -0.05) is 25.5 Å². The van der Waals surface area contributed by atoms with Crippen LogP contribution < -0.4 is 15.5 Å². The van der Waals surface area contributed by atoms with E-state index in [0.717, 1.165) is 55.3 Å². The van der Waals surface area contributed by atoms with Crippen LogP contribution in [-0.2, 0) is 17.7 Å². The topological polar surface area (TPSA) is 79.1 Å². The van der Waals surface area contributed by atoms with Gasteiger partial charge < -0.3 is 19.8 Å². The van der Waals surface area contributed by atoms with Gasteiger partial charge in [-0.2, -0.15) is 0 Å². The first-order valence-electron chi connectivity index (χ1n) is 9.84. The third-order valence-corrected chi connectivity index (χ3v) is 4.50. The monoisotopic (exact) mass is 384 g/mol. The van der Waals surface area contributed by atoms with Crippen LogP contribution in [0.1, 0.15) is 31.1 Å². The van der Waals surface area contributed by atoms with Crippen LogP contribution in [0.15, 0.2) is 52.1 Å². The Morgan fingerprint density at radius 2 is 2.00 bits per heavy atom. The Balaban J connectivity index is 1.55. The predicted molar refractivity (Wildman–Crippen MR) is 110 cm³/mol. The number of amides is 1. The zero-order chi connectivity index (χ0) is 19.6. The average Bonchev–Trinajstić information content (AvgIpc) is 3.38. The number of ether oxygens (including phenoxy) is 1. The molecule has 0 unspecified atom stereocenters. The maximum absolute atomic E-state index is 11.6. The van der Waals surface area contributed by atoms with Gasteiger partial charge >= 0.3 is 6.09 Å². The Kier molecular flexibility index (Phi) is 7.35. The van der Waals surface area contributed by atoms with E-state index in [9.17, 15) is 4.79 Å². The molecule has 0 atom stereocenters. The van der Waals surface area contributed by atoms with Crippen LogP contribution in [0.4, 0.5) is 10.5 Å². The van der Waals surface area contributed by atoms with Crippen molar-refractivity contribution in [1.29, 1.82) is 0 Å². The molecule has 2 aromatic rings. The molecule has 3 rings (SSSR count). The number of hydrogen-bond donors (Lipinski definition) is 2. The molecule has 1 fully saturated rings. The highest BCUT2D eigenvalue weighted by molar-refractivity contribution is 5.89. The van der Waals surface area contributed by atoms with Gasteiger partial charge in [0.05, 0.1) is 19.4 Å². The first-order chi connectivity index (χ1) is 13.8. The number of benzene rings is 1. The minimum absolute atomic E-state index is 0.283. The molecular weight excluding hydrogens is 356 g/mol. The molecule has 0 spiro atoms. The van der Waals surface area contributed by atoms with E-state index in [1.165, 1.54) is 0 Å². The smallest absolute Gasteiger partial charge is 0.414 e. The van der Waals surface area contributed by atoms with Crippen LogP contribution in [0.25, 0.3) is 0 Å². The summed E-state index contributed by atoms with van der Waals surface area (Å²) in [5.41, 5.74) is 1.94. The molecule has 1 aromatic carbocycles. The van der Waals surface area contributed by atoms with Gasteiger partial charge in [0.2, 0.25) is 0 Å². The SMILES string of the molecule is CCCCNC(=NCc1ccc(N2CCOC2=O)cc1)NCCc1ccco1. The maximum atomic E-state index is 11.6. The third-order valence-electron chi connectivity index (χ3n) is 4.50. The van der Waals surface area contributed by atoms with Gasteiger partial charge in [-0.3, -0.25) is 4.90 Å². The molecule has 150 valence electrons. The molecule has 0 radical (unpaired) electrons. The number of carbonyl (C=O) groups excluding carboxylic acids is 1. The molecule has 1 amide bonds. The van der Waals surface area contributed by atoms with Gasteiger partial charge in [-0.15, -0.1) is 0 Å². The first-order valence-corrected chi connectivity index (χ1v) is 9.84. The van der Waals surface area contributed by atoms with Crippen molar-refractivity contribution in [3.63, 3.8) is 0 Å².